The molecule has 0 atom stereocenters. The summed E-state index contributed by atoms with van der Waals surface area (Å²) in [5.74, 6) is 0. The third kappa shape index (κ3) is 3.18. The molecule has 2 aromatic carbocycles. The lowest BCUT2D eigenvalue weighted by atomic mass is 10.3. The Labute approximate surface area is 131 Å². The number of hydrogen-bond donors (Lipinski definition) is 3. The molecule has 0 spiro atoms. The summed E-state index contributed by atoms with van der Waals surface area (Å²) < 4.78 is 1.89. The molecule has 110 valence electrons. The molecule has 0 aliphatic rings. The van der Waals surface area contributed by atoms with Gasteiger partial charge in [0.2, 0.25) is 4.77 Å². The number of H-pyrrole nitrogens is 1. The van der Waals surface area contributed by atoms with Crippen LogP contribution < -0.4 is 10.6 Å². The highest BCUT2D eigenvalue weighted by Crippen LogP contribution is 2.13. The molecule has 1 aromatic heterocycles. The first-order valence-electron chi connectivity index (χ1n) is 6.46. The summed E-state index contributed by atoms with van der Waals surface area (Å²) in [6.07, 6.45) is 0. The van der Waals surface area contributed by atoms with Crippen molar-refractivity contribution >= 4 is 29.6 Å². The van der Waals surface area contributed by atoms with Crippen LogP contribution in [0.15, 0.2) is 54.6 Å². The first-order chi connectivity index (χ1) is 10.7. The van der Waals surface area contributed by atoms with Gasteiger partial charge in [-0.05, 0) is 48.6 Å². The highest BCUT2D eigenvalue weighted by Gasteiger charge is 2.04. The van der Waals surface area contributed by atoms with Gasteiger partial charge in [-0.25, -0.2) is 9.48 Å². The molecule has 3 rings (SSSR count). The number of nitrogens with one attached hydrogen (secondary N) is 3. The number of anilines is 2. The van der Waals surface area contributed by atoms with Gasteiger partial charge in [0.1, 0.15) is 0 Å². The number of aromatic nitrogens is 4. The van der Waals surface area contributed by atoms with Crippen LogP contribution in [-0.4, -0.2) is 26.2 Å². The molecular formula is C14H12N6OS. The van der Waals surface area contributed by atoms with E-state index in [-0.39, 0.29) is 6.03 Å². The molecule has 0 unspecified atom stereocenters. The van der Waals surface area contributed by atoms with Crippen LogP contribution in [0.5, 0.6) is 0 Å². The summed E-state index contributed by atoms with van der Waals surface area (Å²) in [5.41, 5.74) is 2.17. The van der Waals surface area contributed by atoms with E-state index in [4.69, 9.17) is 12.2 Å². The fourth-order valence-corrected chi connectivity index (χ4v) is 2.06. The van der Waals surface area contributed by atoms with Gasteiger partial charge in [-0.1, -0.05) is 28.5 Å². The minimum atomic E-state index is -0.307. The number of hydrogen-bond acceptors (Lipinski definition) is 4. The third-order valence-electron chi connectivity index (χ3n) is 2.89. The molecule has 7 nitrogen and oxygen atoms in total. The number of urea groups is 1. The van der Waals surface area contributed by atoms with Gasteiger partial charge in [0.15, 0.2) is 0 Å². The van der Waals surface area contributed by atoms with Crippen LogP contribution in [0, 0.1) is 4.77 Å². The molecule has 3 N–H and O–H groups in total. The number of carbonyl (C=O) groups is 1. The minimum Gasteiger partial charge on any atom is -0.308 e. The Bertz CT molecular complexity index is 824. The maximum Gasteiger partial charge on any atom is 0.323 e. The number of rotatable bonds is 3. The fraction of sp³-hybridized carbons (Fsp3) is 0. The molecule has 0 aliphatic carbocycles. The Kier molecular flexibility index (Phi) is 3.92. The third-order valence-corrected chi connectivity index (χ3v) is 3.15. The van der Waals surface area contributed by atoms with Gasteiger partial charge in [0.05, 0.1) is 5.69 Å². The Morgan fingerprint density at radius 3 is 2.23 bits per heavy atom. The summed E-state index contributed by atoms with van der Waals surface area (Å²) in [4.78, 5) is 11.9. The Morgan fingerprint density at radius 1 is 1.00 bits per heavy atom. The van der Waals surface area contributed by atoms with E-state index < -0.39 is 0 Å². The fourth-order valence-electron chi connectivity index (χ4n) is 1.87. The van der Waals surface area contributed by atoms with Crippen LogP contribution >= 0.6 is 12.2 Å². The standard InChI is InChI=1S/C14H12N6OS/c21-13(15-10-4-2-1-3-5-10)16-11-6-8-12(9-7-11)20-14(22)17-18-19-20/h1-9H,(H2,15,16,21)(H,17,19,22). The summed E-state index contributed by atoms with van der Waals surface area (Å²) in [6, 6.07) is 16.0. The first kappa shape index (κ1) is 14.0. The zero-order chi connectivity index (χ0) is 15.4. The van der Waals surface area contributed by atoms with Gasteiger partial charge in [-0.3, -0.25) is 0 Å². The van der Waals surface area contributed by atoms with Gasteiger partial charge < -0.3 is 10.6 Å². The van der Waals surface area contributed by atoms with Crippen LogP contribution in [-0.2, 0) is 0 Å². The maximum absolute atomic E-state index is 11.9. The number of tetrazole rings is 1. The largest absolute Gasteiger partial charge is 0.323 e. The van der Waals surface area contributed by atoms with E-state index in [1.165, 1.54) is 0 Å². The highest BCUT2D eigenvalue weighted by atomic mass is 32.1. The van der Waals surface area contributed by atoms with Crippen molar-refractivity contribution < 1.29 is 4.79 Å². The van der Waals surface area contributed by atoms with E-state index >= 15 is 0 Å². The number of aromatic amines is 1. The number of nitrogens with zero attached hydrogens (tertiary/aromatic N) is 3. The molecule has 8 heteroatoms. The van der Waals surface area contributed by atoms with Crippen molar-refractivity contribution in [1.82, 2.24) is 20.2 Å². The Balaban J connectivity index is 1.67. The van der Waals surface area contributed by atoms with Gasteiger partial charge in [-0.15, -0.1) is 0 Å². The van der Waals surface area contributed by atoms with E-state index in [1.807, 2.05) is 30.3 Å². The SMILES string of the molecule is O=C(Nc1ccccc1)Nc1ccc(-n2[nH]nnc2=S)cc1. The number of benzene rings is 2. The average Bonchev–Trinajstić information content (AvgIpc) is 2.95. The topological polar surface area (TPSA) is 87.6 Å². The van der Waals surface area contributed by atoms with Crippen molar-refractivity contribution in [2.24, 2.45) is 0 Å². The Hall–Kier alpha value is -3.00. The molecule has 3 aromatic rings. The van der Waals surface area contributed by atoms with Crippen LogP contribution in [0.1, 0.15) is 0 Å². The van der Waals surface area contributed by atoms with Crippen LogP contribution in [0.4, 0.5) is 16.2 Å². The molecule has 0 bridgehead atoms. The van der Waals surface area contributed by atoms with Crippen molar-refractivity contribution in [3.05, 3.63) is 59.4 Å². The Morgan fingerprint density at radius 2 is 1.64 bits per heavy atom. The van der Waals surface area contributed by atoms with E-state index in [1.54, 1.807) is 28.9 Å². The summed E-state index contributed by atoms with van der Waals surface area (Å²) in [5, 5.41) is 15.5. The van der Waals surface area contributed by atoms with Crippen molar-refractivity contribution in [1.29, 1.82) is 0 Å². The molecular weight excluding hydrogens is 300 g/mol. The highest BCUT2D eigenvalue weighted by molar-refractivity contribution is 7.71. The van der Waals surface area contributed by atoms with Crippen LogP contribution in [0.3, 0.4) is 0 Å². The van der Waals surface area contributed by atoms with Crippen molar-refractivity contribution in [3.8, 4) is 5.69 Å². The molecule has 2 amide bonds. The number of amides is 2. The average molecular weight is 312 g/mol. The monoisotopic (exact) mass is 312 g/mol. The molecule has 22 heavy (non-hydrogen) atoms. The van der Waals surface area contributed by atoms with Gasteiger partial charge in [0, 0.05) is 11.4 Å². The summed E-state index contributed by atoms with van der Waals surface area (Å²) in [7, 11) is 0. The zero-order valence-corrected chi connectivity index (χ0v) is 12.2. The lowest BCUT2D eigenvalue weighted by molar-refractivity contribution is 0.262. The van der Waals surface area contributed by atoms with E-state index in [2.05, 4.69) is 26.2 Å². The predicted molar refractivity (Wildman–Crippen MR) is 85.6 cm³/mol. The maximum atomic E-state index is 11.9. The molecule has 0 radical (unpaired) electrons. The van der Waals surface area contributed by atoms with E-state index in [0.717, 1.165) is 11.4 Å². The second kappa shape index (κ2) is 6.19. The smallest absolute Gasteiger partial charge is 0.308 e. The van der Waals surface area contributed by atoms with Crippen molar-refractivity contribution in [2.75, 3.05) is 10.6 Å². The first-order valence-corrected chi connectivity index (χ1v) is 6.87. The molecule has 0 fully saturated rings. The van der Waals surface area contributed by atoms with Crippen molar-refractivity contribution in [3.63, 3.8) is 0 Å². The van der Waals surface area contributed by atoms with E-state index in [0.29, 0.717) is 10.5 Å². The lowest BCUT2D eigenvalue weighted by Gasteiger charge is -2.08. The molecule has 0 saturated heterocycles. The lowest BCUT2D eigenvalue weighted by Crippen LogP contribution is -2.19. The zero-order valence-electron chi connectivity index (χ0n) is 11.4. The number of carbonyl (C=O) groups excluding carboxylic acids is 1. The summed E-state index contributed by atoms with van der Waals surface area (Å²) >= 11 is 5.02. The number of para-hydroxylation sites is 1. The van der Waals surface area contributed by atoms with E-state index in [9.17, 15) is 4.79 Å². The second-order valence-corrected chi connectivity index (χ2v) is 4.78. The normalized spacial score (nSPS) is 10.2. The molecule has 0 saturated carbocycles. The minimum absolute atomic E-state index is 0.307. The quantitative estimate of drug-likeness (QED) is 0.649. The second-order valence-electron chi connectivity index (χ2n) is 4.41. The predicted octanol–water partition coefficient (Wildman–Crippen LogP) is 2.97. The summed E-state index contributed by atoms with van der Waals surface area (Å²) in [6.45, 7) is 0. The van der Waals surface area contributed by atoms with Gasteiger partial charge in [0.25, 0.3) is 0 Å². The van der Waals surface area contributed by atoms with Gasteiger partial charge >= 0.3 is 6.03 Å². The van der Waals surface area contributed by atoms with Crippen LogP contribution in [0.25, 0.3) is 5.69 Å². The van der Waals surface area contributed by atoms with Crippen molar-refractivity contribution in [2.45, 2.75) is 0 Å². The molecule has 0 aliphatic heterocycles. The van der Waals surface area contributed by atoms with Crippen LogP contribution in [0.2, 0.25) is 0 Å². The van der Waals surface area contributed by atoms with Gasteiger partial charge in [-0.2, -0.15) is 5.21 Å². The molecule has 1 heterocycles.